The SMILES string of the molecule is CC(C)(C)c1nc(F)ccc1F. The van der Waals surface area contributed by atoms with Gasteiger partial charge in [-0.3, -0.25) is 0 Å². The van der Waals surface area contributed by atoms with Crippen LogP contribution in [0.25, 0.3) is 0 Å². The minimum Gasteiger partial charge on any atom is -0.221 e. The smallest absolute Gasteiger partial charge is 0.213 e. The Morgan fingerprint density at radius 2 is 1.75 bits per heavy atom. The molecule has 0 aliphatic carbocycles. The van der Waals surface area contributed by atoms with Crippen molar-refractivity contribution < 1.29 is 8.78 Å². The Bertz CT molecular complexity index is 289. The zero-order valence-corrected chi connectivity index (χ0v) is 7.36. The van der Waals surface area contributed by atoms with E-state index in [9.17, 15) is 8.78 Å². The lowest BCUT2D eigenvalue weighted by Crippen LogP contribution is -2.16. The summed E-state index contributed by atoms with van der Waals surface area (Å²) in [4.78, 5) is 3.50. The van der Waals surface area contributed by atoms with E-state index < -0.39 is 17.2 Å². The molecule has 3 heteroatoms. The third-order valence-corrected chi connectivity index (χ3v) is 1.52. The standard InChI is InChI=1S/C9H11F2N/c1-9(2,3)8-6(10)4-5-7(11)12-8/h4-5H,1-3H3. The number of hydrogen-bond acceptors (Lipinski definition) is 1. The Balaban J connectivity index is 3.23. The van der Waals surface area contributed by atoms with Gasteiger partial charge in [-0.25, -0.2) is 9.37 Å². The van der Waals surface area contributed by atoms with Crippen molar-refractivity contribution in [1.29, 1.82) is 0 Å². The van der Waals surface area contributed by atoms with Crippen LogP contribution in [0.15, 0.2) is 12.1 Å². The molecule has 1 nitrogen and oxygen atoms in total. The number of nitrogens with zero attached hydrogens (tertiary/aromatic N) is 1. The Morgan fingerprint density at radius 3 is 2.17 bits per heavy atom. The molecule has 1 heterocycles. The molecule has 1 rings (SSSR count). The molecule has 0 saturated carbocycles. The molecule has 66 valence electrons. The number of halogens is 2. The van der Waals surface area contributed by atoms with Crippen molar-refractivity contribution >= 4 is 0 Å². The Hall–Kier alpha value is -0.990. The van der Waals surface area contributed by atoms with Crippen LogP contribution in [0.4, 0.5) is 8.78 Å². The van der Waals surface area contributed by atoms with Crippen LogP contribution in [-0.4, -0.2) is 4.98 Å². The number of pyridine rings is 1. The summed E-state index contributed by atoms with van der Waals surface area (Å²) in [6, 6.07) is 2.12. The monoisotopic (exact) mass is 171 g/mol. The van der Waals surface area contributed by atoms with E-state index in [2.05, 4.69) is 4.98 Å². The van der Waals surface area contributed by atoms with Crippen molar-refractivity contribution in [2.24, 2.45) is 0 Å². The first kappa shape index (κ1) is 9.10. The molecule has 0 bridgehead atoms. The topological polar surface area (TPSA) is 12.9 Å². The average molecular weight is 171 g/mol. The summed E-state index contributed by atoms with van der Waals surface area (Å²) in [6.07, 6.45) is 0. The van der Waals surface area contributed by atoms with Crippen LogP contribution in [0.1, 0.15) is 26.5 Å². The molecule has 0 amide bonds. The Kier molecular flexibility index (Phi) is 2.13. The lowest BCUT2D eigenvalue weighted by atomic mass is 9.91. The molecule has 0 N–H and O–H groups in total. The fourth-order valence-electron chi connectivity index (χ4n) is 0.944. The third-order valence-electron chi connectivity index (χ3n) is 1.52. The van der Waals surface area contributed by atoms with Gasteiger partial charge in [0.25, 0.3) is 0 Å². The van der Waals surface area contributed by atoms with Crippen LogP contribution in [0.2, 0.25) is 0 Å². The zero-order chi connectivity index (χ0) is 9.35. The number of aromatic nitrogens is 1. The van der Waals surface area contributed by atoms with Crippen molar-refractivity contribution in [1.82, 2.24) is 4.98 Å². The molecule has 0 spiro atoms. The average Bonchev–Trinajstić information content (AvgIpc) is 1.92. The highest BCUT2D eigenvalue weighted by Crippen LogP contribution is 2.22. The second-order valence-corrected chi connectivity index (χ2v) is 3.71. The fraction of sp³-hybridized carbons (Fsp3) is 0.444. The molecule has 0 atom stereocenters. The van der Waals surface area contributed by atoms with Gasteiger partial charge in [-0.1, -0.05) is 20.8 Å². The van der Waals surface area contributed by atoms with Crippen LogP contribution in [0.3, 0.4) is 0 Å². The van der Waals surface area contributed by atoms with Gasteiger partial charge >= 0.3 is 0 Å². The van der Waals surface area contributed by atoms with Crippen LogP contribution in [-0.2, 0) is 5.41 Å². The van der Waals surface area contributed by atoms with Gasteiger partial charge in [-0.05, 0) is 12.1 Å². The van der Waals surface area contributed by atoms with Gasteiger partial charge in [0.1, 0.15) is 5.82 Å². The number of rotatable bonds is 0. The summed E-state index contributed by atoms with van der Waals surface area (Å²) in [5, 5.41) is 0. The maximum atomic E-state index is 13.0. The summed E-state index contributed by atoms with van der Waals surface area (Å²) in [7, 11) is 0. The molecule has 12 heavy (non-hydrogen) atoms. The molecule has 0 unspecified atom stereocenters. The molecule has 0 aliphatic heterocycles. The van der Waals surface area contributed by atoms with E-state index in [1.54, 1.807) is 20.8 Å². The van der Waals surface area contributed by atoms with E-state index in [1.165, 1.54) is 0 Å². The van der Waals surface area contributed by atoms with Gasteiger partial charge in [0, 0.05) is 5.41 Å². The second kappa shape index (κ2) is 2.81. The van der Waals surface area contributed by atoms with Crippen LogP contribution in [0.5, 0.6) is 0 Å². The fourth-order valence-corrected chi connectivity index (χ4v) is 0.944. The zero-order valence-electron chi connectivity index (χ0n) is 7.36. The van der Waals surface area contributed by atoms with Gasteiger partial charge in [0.2, 0.25) is 5.95 Å². The van der Waals surface area contributed by atoms with Crippen LogP contribution >= 0.6 is 0 Å². The lowest BCUT2D eigenvalue weighted by molar-refractivity contribution is 0.474. The van der Waals surface area contributed by atoms with Gasteiger partial charge in [-0.2, -0.15) is 4.39 Å². The Labute approximate surface area is 70.4 Å². The predicted octanol–water partition coefficient (Wildman–Crippen LogP) is 2.66. The summed E-state index contributed by atoms with van der Waals surface area (Å²) >= 11 is 0. The quantitative estimate of drug-likeness (QED) is 0.547. The lowest BCUT2D eigenvalue weighted by Gasteiger charge is -2.17. The highest BCUT2D eigenvalue weighted by atomic mass is 19.1. The largest absolute Gasteiger partial charge is 0.221 e. The van der Waals surface area contributed by atoms with Crippen molar-refractivity contribution in [2.45, 2.75) is 26.2 Å². The van der Waals surface area contributed by atoms with E-state index in [-0.39, 0.29) is 5.69 Å². The van der Waals surface area contributed by atoms with E-state index >= 15 is 0 Å². The molecule has 1 aromatic heterocycles. The summed E-state index contributed by atoms with van der Waals surface area (Å²) in [6.45, 7) is 5.37. The molecule has 0 fully saturated rings. The molecule has 0 aromatic carbocycles. The van der Waals surface area contributed by atoms with E-state index in [0.717, 1.165) is 12.1 Å². The minimum absolute atomic E-state index is 0.169. The summed E-state index contributed by atoms with van der Waals surface area (Å²) in [5.41, 5.74) is -0.283. The molecule has 0 saturated heterocycles. The third kappa shape index (κ3) is 1.78. The second-order valence-electron chi connectivity index (χ2n) is 3.71. The minimum atomic E-state index is -0.638. The first-order chi connectivity index (χ1) is 5.41. The first-order valence-corrected chi connectivity index (χ1v) is 3.74. The molecule has 0 aliphatic rings. The molecular weight excluding hydrogens is 160 g/mol. The van der Waals surface area contributed by atoms with Crippen molar-refractivity contribution in [3.63, 3.8) is 0 Å². The van der Waals surface area contributed by atoms with E-state index in [1.807, 2.05) is 0 Å². The van der Waals surface area contributed by atoms with Crippen molar-refractivity contribution in [2.75, 3.05) is 0 Å². The van der Waals surface area contributed by atoms with Gasteiger partial charge in [0.05, 0.1) is 5.69 Å². The highest BCUT2D eigenvalue weighted by Gasteiger charge is 2.20. The predicted molar refractivity (Wildman–Crippen MR) is 42.9 cm³/mol. The Morgan fingerprint density at radius 1 is 1.17 bits per heavy atom. The molecular formula is C9H11F2N. The van der Waals surface area contributed by atoms with Crippen LogP contribution in [0, 0.1) is 11.8 Å². The highest BCUT2D eigenvalue weighted by molar-refractivity contribution is 5.15. The number of hydrogen-bond donors (Lipinski definition) is 0. The van der Waals surface area contributed by atoms with Crippen molar-refractivity contribution in [3.8, 4) is 0 Å². The molecule has 1 aromatic rings. The van der Waals surface area contributed by atoms with E-state index in [0.29, 0.717) is 0 Å². The van der Waals surface area contributed by atoms with Gasteiger partial charge in [0.15, 0.2) is 0 Å². The molecule has 0 radical (unpaired) electrons. The van der Waals surface area contributed by atoms with Gasteiger partial charge in [-0.15, -0.1) is 0 Å². The first-order valence-electron chi connectivity index (χ1n) is 3.74. The van der Waals surface area contributed by atoms with Crippen molar-refractivity contribution in [3.05, 3.63) is 29.6 Å². The maximum Gasteiger partial charge on any atom is 0.213 e. The summed E-state index contributed by atoms with van der Waals surface area (Å²) < 4.78 is 25.6. The van der Waals surface area contributed by atoms with E-state index in [4.69, 9.17) is 0 Å². The van der Waals surface area contributed by atoms with Crippen LogP contribution < -0.4 is 0 Å². The normalized spacial score (nSPS) is 11.8. The maximum absolute atomic E-state index is 13.0. The summed E-state index contributed by atoms with van der Waals surface area (Å²) in [5.74, 6) is -1.09. The van der Waals surface area contributed by atoms with Gasteiger partial charge < -0.3 is 0 Å².